The second-order valence-electron chi connectivity index (χ2n) is 9.42. The van der Waals surface area contributed by atoms with Crippen LogP contribution in [0.5, 0.6) is 0 Å². The maximum atomic E-state index is 13.3. The molecular weight excluding hydrogens is 430 g/mol. The SMILES string of the molecule is CC(C)OC(=O)N1CCC(CCCC(=O)N2c3ccc4c(c3)CCNC42S(C)(=O)=O)CC1. The average Bonchev–Trinajstić information content (AvgIpc) is 2.73. The van der Waals surface area contributed by atoms with E-state index in [9.17, 15) is 18.0 Å². The number of likely N-dealkylation sites (tertiary alicyclic amines) is 1. The molecule has 0 spiro atoms. The Morgan fingerprint density at radius 2 is 1.97 bits per heavy atom. The molecule has 0 radical (unpaired) electrons. The number of benzene rings is 1. The van der Waals surface area contributed by atoms with Gasteiger partial charge in [-0.05, 0) is 69.6 Å². The molecule has 1 unspecified atom stereocenters. The molecule has 32 heavy (non-hydrogen) atoms. The Labute approximate surface area is 190 Å². The highest BCUT2D eigenvalue weighted by Gasteiger charge is 2.55. The van der Waals surface area contributed by atoms with Crippen LogP contribution >= 0.6 is 0 Å². The summed E-state index contributed by atoms with van der Waals surface area (Å²) < 4.78 is 31.1. The summed E-state index contributed by atoms with van der Waals surface area (Å²) in [4.78, 5) is 27.1. The van der Waals surface area contributed by atoms with Gasteiger partial charge in [0, 0.05) is 43.6 Å². The molecule has 4 heterocycles. The summed E-state index contributed by atoms with van der Waals surface area (Å²) in [6.07, 6.45) is 5.23. The molecule has 1 N–H and O–H groups in total. The molecule has 0 aromatic heterocycles. The van der Waals surface area contributed by atoms with Crippen LogP contribution in [-0.2, 0) is 30.8 Å². The van der Waals surface area contributed by atoms with Crippen molar-refractivity contribution in [1.82, 2.24) is 10.2 Å². The van der Waals surface area contributed by atoms with Crippen molar-refractivity contribution in [1.29, 1.82) is 0 Å². The molecule has 9 heteroatoms. The summed E-state index contributed by atoms with van der Waals surface area (Å²) in [6, 6.07) is 5.61. The first-order valence-corrected chi connectivity index (χ1v) is 13.4. The Hall–Kier alpha value is -2.13. The van der Waals surface area contributed by atoms with Gasteiger partial charge in [-0.1, -0.05) is 6.07 Å². The smallest absolute Gasteiger partial charge is 0.410 e. The van der Waals surface area contributed by atoms with E-state index >= 15 is 0 Å². The summed E-state index contributed by atoms with van der Waals surface area (Å²) in [7, 11) is -3.62. The van der Waals surface area contributed by atoms with Crippen LogP contribution in [0.15, 0.2) is 18.2 Å². The van der Waals surface area contributed by atoms with Crippen LogP contribution in [0.2, 0.25) is 0 Å². The monoisotopic (exact) mass is 463 g/mol. The number of sulfone groups is 1. The lowest BCUT2D eigenvalue weighted by molar-refractivity contribution is -0.119. The van der Waals surface area contributed by atoms with Gasteiger partial charge in [0.1, 0.15) is 0 Å². The van der Waals surface area contributed by atoms with Crippen molar-refractivity contribution >= 4 is 27.5 Å². The van der Waals surface area contributed by atoms with Gasteiger partial charge in [-0.15, -0.1) is 0 Å². The zero-order chi connectivity index (χ0) is 23.1. The quantitative estimate of drug-likeness (QED) is 0.697. The molecule has 1 aromatic rings. The topological polar surface area (TPSA) is 96.0 Å². The molecule has 4 aliphatic rings. The van der Waals surface area contributed by atoms with E-state index in [2.05, 4.69) is 5.32 Å². The van der Waals surface area contributed by atoms with E-state index in [1.54, 1.807) is 4.90 Å². The fourth-order valence-corrected chi connectivity index (χ4v) is 6.75. The van der Waals surface area contributed by atoms with Crippen molar-refractivity contribution in [2.45, 2.75) is 63.5 Å². The van der Waals surface area contributed by atoms with Crippen LogP contribution in [0, 0.1) is 5.92 Å². The van der Waals surface area contributed by atoms with Gasteiger partial charge in [-0.25, -0.2) is 13.2 Å². The molecule has 0 saturated carbocycles. The Bertz CT molecular complexity index is 1000. The van der Waals surface area contributed by atoms with E-state index in [1.807, 2.05) is 32.0 Å². The second kappa shape index (κ2) is 8.67. The lowest BCUT2D eigenvalue weighted by Gasteiger charge is -2.50. The zero-order valence-electron chi connectivity index (χ0n) is 19.1. The van der Waals surface area contributed by atoms with Crippen molar-refractivity contribution in [2.24, 2.45) is 5.92 Å². The first-order valence-electron chi connectivity index (χ1n) is 11.5. The molecule has 5 rings (SSSR count). The van der Waals surface area contributed by atoms with E-state index in [0.29, 0.717) is 49.6 Å². The summed E-state index contributed by atoms with van der Waals surface area (Å²) in [6.45, 7) is 5.55. The lowest BCUT2D eigenvalue weighted by Crippen LogP contribution is -2.67. The third-order valence-electron chi connectivity index (χ3n) is 6.78. The first kappa shape index (κ1) is 23.0. The number of anilines is 1. The molecule has 4 aliphatic heterocycles. The minimum atomic E-state index is -3.62. The maximum absolute atomic E-state index is 13.3. The highest BCUT2D eigenvalue weighted by molar-refractivity contribution is 7.91. The van der Waals surface area contributed by atoms with Gasteiger partial charge in [0.05, 0.1) is 6.10 Å². The number of hydrogen-bond donors (Lipinski definition) is 1. The van der Waals surface area contributed by atoms with Crippen LogP contribution in [0.3, 0.4) is 0 Å². The fourth-order valence-electron chi connectivity index (χ4n) is 5.25. The van der Waals surface area contributed by atoms with Gasteiger partial charge in [-0.3, -0.25) is 15.0 Å². The van der Waals surface area contributed by atoms with E-state index in [4.69, 9.17) is 4.74 Å². The zero-order valence-corrected chi connectivity index (χ0v) is 19.9. The molecule has 176 valence electrons. The molecule has 1 fully saturated rings. The Kier molecular flexibility index (Phi) is 6.24. The molecule has 4 bridgehead atoms. The standard InChI is InChI=1S/C23H33N3O5S/c1-16(2)31-22(28)25-13-10-17(11-14-25)5-4-6-21(27)26-19-7-8-20-18(15-19)9-12-24-23(20,26)32(3,29)30/h7-8,15-17,24H,4-6,9-14H2,1-3H3. The third kappa shape index (κ3) is 4.01. The number of carbonyl (C=O) groups excluding carboxylic acids is 2. The van der Waals surface area contributed by atoms with Gasteiger partial charge in [0.25, 0.3) is 0 Å². The third-order valence-corrected chi connectivity index (χ3v) is 8.40. The van der Waals surface area contributed by atoms with Crippen molar-refractivity contribution in [3.63, 3.8) is 0 Å². The molecule has 2 amide bonds. The van der Waals surface area contributed by atoms with Crippen LogP contribution in [-0.4, -0.2) is 57.3 Å². The predicted octanol–water partition coefficient (Wildman–Crippen LogP) is 2.76. The highest BCUT2D eigenvalue weighted by Crippen LogP contribution is 2.46. The van der Waals surface area contributed by atoms with Gasteiger partial charge in [0.2, 0.25) is 10.9 Å². The number of ether oxygens (including phenoxy) is 1. The molecular formula is C23H33N3O5S. The number of nitrogens with zero attached hydrogens (tertiary/aromatic N) is 2. The number of carbonyl (C=O) groups is 2. The van der Waals surface area contributed by atoms with Crippen molar-refractivity contribution in [3.8, 4) is 0 Å². The van der Waals surface area contributed by atoms with Crippen LogP contribution < -0.4 is 10.2 Å². The average molecular weight is 464 g/mol. The molecule has 1 saturated heterocycles. The van der Waals surface area contributed by atoms with E-state index in [0.717, 1.165) is 31.2 Å². The minimum absolute atomic E-state index is 0.123. The van der Waals surface area contributed by atoms with Crippen LogP contribution in [0.1, 0.15) is 57.1 Å². The summed E-state index contributed by atoms with van der Waals surface area (Å²) in [5.41, 5.74) is 2.32. The molecule has 0 aliphatic carbocycles. The van der Waals surface area contributed by atoms with Gasteiger partial charge < -0.3 is 9.64 Å². The predicted molar refractivity (Wildman–Crippen MR) is 122 cm³/mol. The van der Waals surface area contributed by atoms with E-state index in [1.165, 1.54) is 11.2 Å². The number of hydrogen-bond acceptors (Lipinski definition) is 6. The molecule has 1 atom stereocenters. The highest BCUT2D eigenvalue weighted by atomic mass is 32.2. The Balaban J connectivity index is 1.36. The maximum Gasteiger partial charge on any atom is 0.410 e. The van der Waals surface area contributed by atoms with Crippen molar-refractivity contribution in [2.75, 3.05) is 30.8 Å². The Morgan fingerprint density at radius 1 is 1.25 bits per heavy atom. The normalized spacial score (nSPS) is 23.0. The molecule has 1 aromatic carbocycles. The summed E-state index contributed by atoms with van der Waals surface area (Å²) in [5, 5.41) is 3.15. The number of piperidine rings is 1. The lowest BCUT2D eigenvalue weighted by atomic mass is 9.90. The largest absolute Gasteiger partial charge is 0.447 e. The number of rotatable bonds is 6. The van der Waals surface area contributed by atoms with Crippen LogP contribution in [0.25, 0.3) is 0 Å². The number of amides is 2. The van der Waals surface area contributed by atoms with E-state index < -0.39 is 14.8 Å². The van der Waals surface area contributed by atoms with Crippen LogP contribution in [0.4, 0.5) is 10.5 Å². The van der Waals surface area contributed by atoms with Crippen molar-refractivity contribution in [3.05, 3.63) is 29.3 Å². The number of nitrogens with one attached hydrogen (secondary N) is 1. The summed E-state index contributed by atoms with van der Waals surface area (Å²) >= 11 is 0. The number of fused-ring (bicyclic) bond motifs is 1. The van der Waals surface area contributed by atoms with Crippen molar-refractivity contribution < 1.29 is 22.7 Å². The second-order valence-corrected chi connectivity index (χ2v) is 11.6. The van der Waals surface area contributed by atoms with E-state index in [-0.39, 0.29) is 18.1 Å². The van der Waals surface area contributed by atoms with Gasteiger partial charge in [0.15, 0.2) is 9.84 Å². The summed E-state index contributed by atoms with van der Waals surface area (Å²) in [5.74, 6) is 0.281. The fraction of sp³-hybridized carbons (Fsp3) is 0.652. The minimum Gasteiger partial charge on any atom is -0.447 e. The van der Waals surface area contributed by atoms with Gasteiger partial charge >= 0.3 is 6.09 Å². The molecule has 8 nitrogen and oxygen atoms in total. The Morgan fingerprint density at radius 3 is 2.62 bits per heavy atom. The van der Waals surface area contributed by atoms with Gasteiger partial charge in [-0.2, -0.15) is 0 Å². The first-order chi connectivity index (χ1) is 15.1.